The first kappa shape index (κ1) is 9.88. The molecule has 1 aliphatic rings. The zero-order chi connectivity index (χ0) is 9.35. The molecule has 0 bridgehead atoms. The van der Waals surface area contributed by atoms with E-state index in [0.717, 1.165) is 14.6 Å². The molecule has 12 heavy (non-hydrogen) atoms. The van der Waals surface area contributed by atoms with Crippen molar-refractivity contribution >= 4 is 22.6 Å². The summed E-state index contributed by atoms with van der Waals surface area (Å²) in [5.41, 5.74) is 0. The lowest BCUT2D eigenvalue weighted by atomic mass is 10.2. The molecule has 0 amide bonds. The Morgan fingerprint density at radius 3 is 2.50 bits per heavy atom. The second-order valence-corrected chi connectivity index (χ2v) is 3.77. The molecule has 0 aliphatic carbocycles. The lowest BCUT2D eigenvalue weighted by Gasteiger charge is -2.28. The van der Waals surface area contributed by atoms with Crippen LogP contribution in [0.1, 0.15) is 0 Å². The van der Waals surface area contributed by atoms with Crippen molar-refractivity contribution in [2.75, 3.05) is 7.05 Å². The maximum absolute atomic E-state index is 12.2. The van der Waals surface area contributed by atoms with Gasteiger partial charge in [-0.1, -0.05) is 6.08 Å². The van der Waals surface area contributed by atoms with Crippen LogP contribution in [0.3, 0.4) is 0 Å². The average molecular weight is 289 g/mol. The van der Waals surface area contributed by atoms with E-state index in [2.05, 4.69) is 0 Å². The Hall–Kier alpha value is -0.200. The van der Waals surface area contributed by atoms with E-state index in [1.165, 1.54) is 19.3 Å². The molecule has 0 saturated carbocycles. The highest BCUT2D eigenvalue weighted by atomic mass is 127. The van der Waals surface area contributed by atoms with Crippen molar-refractivity contribution in [1.29, 1.82) is 0 Å². The van der Waals surface area contributed by atoms with Crippen LogP contribution in [0.4, 0.5) is 13.2 Å². The molecule has 0 aromatic rings. The Morgan fingerprint density at radius 2 is 2.08 bits per heavy atom. The number of hydrogen-bond donors (Lipinski definition) is 0. The number of allylic oxidation sites excluding steroid dienone is 2. The fourth-order valence-electron chi connectivity index (χ4n) is 0.977. The molecular formula is C7H7F3IN. The SMILES string of the molecule is CN1C=C(I)C=CC1C(F)(F)F. The fraction of sp³-hybridized carbons (Fsp3) is 0.429. The third-order valence-electron chi connectivity index (χ3n) is 1.54. The quantitative estimate of drug-likeness (QED) is 0.620. The van der Waals surface area contributed by atoms with Gasteiger partial charge in [0.1, 0.15) is 6.04 Å². The molecular weight excluding hydrogens is 282 g/mol. The van der Waals surface area contributed by atoms with Crippen LogP contribution < -0.4 is 0 Å². The standard InChI is InChI=1S/C7H7F3IN/c1-12-4-5(11)2-3-6(12)7(8,9)10/h2-4,6H,1H3. The number of rotatable bonds is 0. The van der Waals surface area contributed by atoms with Gasteiger partial charge in [0.25, 0.3) is 0 Å². The zero-order valence-electron chi connectivity index (χ0n) is 6.27. The first-order valence-electron chi connectivity index (χ1n) is 3.25. The molecule has 0 aromatic heterocycles. The molecule has 1 nitrogen and oxygen atoms in total. The number of halogens is 4. The topological polar surface area (TPSA) is 3.24 Å². The summed E-state index contributed by atoms with van der Waals surface area (Å²) in [6.07, 6.45) is -0.0850. The fourth-order valence-corrected chi connectivity index (χ4v) is 1.62. The van der Waals surface area contributed by atoms with Crippen LogP contribution in [-0.2, 0) is 0 Å². The summed E-state index contributed by atoms with van der Waals surface area (Å²) in [5.74, 6) is 0. The van der Waals surface area contributed by atoms with E-state index in [1.807, 2.05) is 22.6 Å². The van der Waals surface area contributed by atoms with Gasteiger partial charge in [0, 0.05) is 16.8 Å². The van der Waals surface area contributed by atoms with Gasteiger partial charge in [-0.25, -0.2) is 0 Å². The zero-order valence-corrected chi connectivity index (χ0v) is 8.43. The smallest absolute Gasteiger partial charge is 0.365 e. The minimum absolute atomic E-state index is 0.801. The lowest BCUT2D eigenvalue weighted by Crippen LogP contribution is -2.40. The third-order valence-corrected chi connectivity index (χ3v) is 2.18. The highest BCUT2D eigenvalue weighted by molar-refractivity contribution is 14.1. The van der Waals surface area contributed by atoms with Crippen molar-refractivity contribution in [2.24, 2.45) is 0 Å². The molecule has 5 heteroatoms. The van der Waals surface area contributed by atoms with Crippen LogP contribution in [0.2, 0.25) is 0 Å². The van der Waals surface area contributed by atoms with E-state index in [-0.39, 0.29) is 0 Å². The number of alkyl halides is 3. The van der Waals surface area contributed by atoms with Gasteiger partial charge in [0.15, 0.2) is 0 Å². The van der Waals surface area contributed by atoms with E-state index in [0.29, 0.717) is 0 Å². The van der Waals surface area contributed by atoms with Crippen LogP contribution in [0.25, 0.3) is 0 Å². The Balaban J connectivity index is 2.80. The molecule has 1 heterocycles. The largest absolute Gasteiger partial charge is 0.412 e. The molecule has 68 valence electrons. The first-order chi connectivity index (χ1) is 5.41. The van der Waals surface area contributed by atoms with E-state index in [1.54, 1.807) is 0 Å². The maximum atomic E-state index is 12.2. The van der Waals surface area contributed by atoms with Gasteiger partial charge >= 0.3 is 6.18 Å². The summed E-state index contributed by atoms with van der Waals surface area (Å²) in [7, 11) is 1.42. The molecule has 1 unspecified atom stereocenters. The number of nitrogens with zero attached hydrogens (tertiary/aromatic N) is 1. The second-order valence-electron chi connectivity index (χ2n) is 2.53. The van der Waals surface area contributed by atoms with Crippen molar-refractivity contribution in [3.05, 3.63) is 21.9 Å². The molecule has 0 aromatic carbocycles. The van der Waals surface area contributed by atoms with Crippen LogP contribution in [0, 0.1) is 0 Å². The molecule has 0 spiro atoms. The van der Waals surface area contributed by atoms with Crippen molar-refractivity contribution < 1.29 is 13.2 Å². The van der Waals surface area contributed by atoms with Crippen molar-refractivity contribution in [1.82, 2.24) is 4.90 Å². The van der Waals surface area contributed by atoms with Gasteiger partial charge in [-0.15, -0.1) is 0 Å². The minimum Gasteiger partial charge on any atom is -0.365 e. The van der Waals surface area contributed by atoms with Gasteiger partial charge in [0.2, 0.25) is 0 Å². The Labute approximate surface area is 82.1 Å². The normalized spacial score (nSPS) is 24.2. The van der Waals surface area contributed by atoms with Crippen molar-refractivity contribution in [2.45, 2.75) is 12.2 Å². The first-order valence-corrected chi connectivity index (χ1v) is 4.33. The average Bonchev–Trinajstić information content (AvgIpc) is 1.83. The summed E-state index contributed by atoms with van der Waals surface area (Å²) < 4.78 is 37.4. The predicted octanol–water partition coefficient (Wildman–Crippen LogP) is 2.70. The Bertz CT molecular complexity index is 231. The molecule has 0 radical (unpaired) electrons. The summed E-state index contributed by atoms with van der Waals surface area (Å²) in [5, 5.41) is 0. The highest BCUT2D eigenvalue weighted by Gasteiger charge is 2.40. The molecule has 1 rings (SSSR count). The van der Waals surface area contributed by atoms with Gasteiger partial charge < -0.3 is 4.90 Å². The van der Waals surface area contributed by atoms with Gasteiger partial charge in [0.05, 0.1) is 0 Å². The Morgan fingerprint density at radius 1 is 1.50 bits per heavy atom. The summed E-state index contributed by atoms with van der Waals surface area (Å²) in [6, 6.07) is -1.48. The monoisotopic (exact) mass is 289 g/mol. The minimum atomic E-state index is -4.18. The van der Waals surface area contributed by atoms with Crippen LogP contribution in [-0.4, -0.2) is 24.2 Å². The number of hydrogen-bond acceptors (Lipinski definition) is 1. The van der Waals surface area contributed by atoms with Crippen molar-refractivity contribution in [3.8, 4) is 0 Å². The molecule has 0 fully saturated rings. The number of likely N-dealkylation sites (N-methyl/N-ethyl adjacent to an activating group) is 1. The van der Waals surface area contributed by atoms with Gasteiger partial charge in [-0.05, 0) is 28.7 Å². The highest BCUT2D eigenvalue weighted by Crippen LogP contribution is 2.29. The van der Waals surface area contributed by atoms with Crippen molar-refractivity contribution in [3.63, 3.8) is 0 Å². The molecule has 1 aliphatic heterocycles. The Kier molecular flexibility index (Phi) is 2.70. The maximum Gasteiger partial charge on any atom is 0.412 e. The van der Waals surface area contributed by atoms with Gasteiger partial charge in [-0.3, -0.25) is 0 Å². The summed E-state index contributed by atoms with van der Waals surface area (Å²) >= 11 is 1.98. The third kappa shape index (κ3) is 2.15. The van der Waals surface area contributed by atoms with Crippen LogP contribution in [0.15, 0.2) is 21.9 Å². The second kappa shape index (κ2) is 3.27. The van der Waals surface area contributed by atoms with E-state index >= 15 is 0 Å². The van der Waals surface area contributed by atoms with E-state index in [9.17, 15) is 13.2 Å². The summed E-state index contributed by atoms with van der Waals surface area (Å²) in [4.78, 5) is 1.15. The van der Waals surface area contributed by atoms with E-state index in [4.69, 9.17) is 0 Å². The van der Waals surface area contributed by atoms with E-state index < -0.39 is 12.2 Å². The summed E-state index contributed by atoms with van der Waals surface area (Å²) in [6.45, 7) is 0. The lowest BCUT2D eigenvalue weighted by molar-refractivity contribution is -0.161. The molecule has 0 saturated heterocycles. The molecule has 0 N–H and O–H groups in total. The van der Waals surface area contributed by atoms with Crippen LogP contribution in [0.5, 0.6) is 0 Å². The van der Waals surface area contributed by atoms with Crippen LogP contribution >= 0.6 is 22.6 Å². The predicted molar refractivity (Wildman–Crippen MR) is 48.8 cm³/mol. The van der Waals surface area contributed by atoms with Gasteiger partial charge in [-0.2, -0.15) is 13.2 Å². The molecule has 1 atom stereocenters.